The van der Waals surface area contributed by atoms with E-state index in [0.717, 1.165) is 19.5 Å². The van der Waals surface area contributed by atoms with Crippen LogP contribution in [0.25, 0.3) is 0 Å². The van der Waals surface area contributed by atoms with Gasteiger partial charge < -0.3 is 16.4 Å². The summed E-state index contributed by atoms with van der Waals surface area (Å²) < 4.78 is 14.3. The second-order valence-electron chi connectivity index (χ2n) is 6.33. The number of anilines is 3. The van der Waals surface area contributed by atoms with Crippen molar-refractivity contribution in [3.05, 3.63) is 16.9 Å². The smallest absolute Gasteiger partial charge is 0.169 e. The highest BCUT2D eigenvalue weighted by Gasteiger charge is 2.34. The third kappa shape index (κ3) is 2.59. The van der Waals surface area contributed by atoms with Crippen LogP contribution in [0.4, 0.5) is 21.5 Å². The average molecular weight is 286 g/mol. The Morgan fingerprint density at radius 1 is 1.32 bits per heavy atom. The summed E-state index contributed by atoms with van der Waals surface area (Å²) in [6.07, 6.45) is 1.03. The second kappa shape index (κ2) is 4.75. The minimum Gasteiger partial charge on any atom is -0.397 e. The molecule has 1 aromatic rings. The lowest BCUT2D eigenvalue weighted by molar-refractivity contribution is 0.263. The van der Waals surface area contributed by atoms with Crippen LogP contribution < -0.4 is 16.4 Å². The van der Waals surface area contributed by atoms with Gasteiger partial charge in [-0.1, -0.05) is 32.4 Å². The number of nitrogens with zero attached hydrogens (tertiary/aromatic N) is 1. The molecule has 0 saturated carbocycles. The molecule has 1 saturated heterocycles. The van der Waals surface area contributed by atoms with Crippen LogP contribution >= 0.6 is 11.6 Å². The van der Waals surface area contributed by atoms with Crippen molar-refractivity contribution in [2.45, 2.75) is 27.2 Å². The third-order valence-electron chi connectivity index (χ3n) is 3.97. The van der Waals surface area contributed by atoms with E-state index in [4.69, 9.17) is 23.1 Å². The maximum Gasteiger partial charge on any atom is 0.169 e. The number of halogens is 2. The first-order valence-corrected chi connectivity index (χ1v) is 6.87. The molecule has 0 amide bonds. The molecule has 0 bridgehead atoms. The van der Waals surface area contributed by atoms with Crippen LogP contribution in [0.2, 0.25) is 5.02 Å². The predicted molar refractivity (Wildman–Crippen MR) is 80.0 cm³/mol. The Morgan fingerprint density at radius 3 is 2.47 bits per heavy atom. The van der Waals surface area contributed by atoms with Gasteiger partial charge in [0.15, 0.2) is 5.82 Å². The molecular weight excluding hydrogens is 265 g/mol. The Balaban J connectivity index is 2.33. The number of nitrogen functional groups attached to an aromatic ring is 2. The van der Waals surface area contributed by atoms with Crippen molar-refractivity contribution in [1.29, 1.82) is 0 Å². The zero-order chi connectivity index (χ0) is 14.4. The molecule has 1 aliphatic heterocycles. The van der Waals surface area contributed by atoms with E-state index in [9.17, 15) is 4.39 Å². The largest absolute Gasteiger partial charge is 0.397 e. The Hall–Kier alpha value is -1.16. The first-order valence-electron chi connectivity index (χ1n) is 6.49. The first-order chi connectivity index (χ1) is 8.71. The van der Waals surface area contributed by atoms with Crippen LogP contribution in [0.5, 0.6) is 0 Å². The Morgan fingerprint density at radius 2 is 1.95 bits per heavy atom. The zero-order valence-corrected chi connectivity index (χ0v) is 12.4. The van der Waals surface area contributed by atoms with Crippen LogP contribution in [-0.2, 0) is 0 Å². The number of nitrogens with two attached hydrogens (primary N) is 2. The summed E-state index contributed by atoms with van der Waals surface area (Å²) >= 11 is 5.88. The van der Waals surface area contributed by atoms with Gasteiger partial charge in [-0.25, -0.2) is 4.39 Å². The number of rotatable bonds is 1. The maximum atomic E-state index is 14.3. The van der Waals surface area contributed by atoms with Gasteiger partial charge in [0, 0.05) is 13.1 Å². The zero-order valence-electron chi connectivity index (χ0n) is 11.6. The molecule has 1 aliphatic rings. The monoisotopic (exact) mass is 285 g/mol. The van der Waals surface area contributed by atoms with Gasteiger partial charge in [0.2, 0.25) is 0 Å². The van der Waals surface area contributed by atoms with Gasteiger partial charge in [-0.2, -0.15) is 0 Å². The van der Waals surface area contributed by atoms with Crippen molar-refractivity contribution >= 4 is 28.7 Å². The highest BCUT2D eigenvalue weighted by Crippen LogP contribution is 2.41. The molecule has 1 unspecified atom stereocenters. The topological polar surface area (TPSA) is 55.3 Å². The molecule has 3 nitrogen and oxygen atoms in total. The van der Waals surface area contributed by atoms with Gasteiger partial charge in [0.05, 0.1) is 17.1 Å². The standard InChI is InChI=1S/C14H21ClFN3/c1-14(2,3)8-4-5-19(7-8)13-10(18)6-9(17)11(15)12(13)16/h6,8H,4-5,7,17-18H2,1-3H3. The molecule has 106 valence electrons. The highest BCUT2D eigenvalue weighted by atomic mass is 35.5. The fourth-order valence-corrected chi connectivity index (χ4v) is 2.79. The lowest BCUT2D eigenvalue weighted by Gasteiger charge is -2.28. The minimum atomic E-state index is -0.506. The van der Waals surface area contributed by atoms with E-state index in [0.29, 0.717) is 17.3 Å². The molecule has 1 heterocycles. The van der Waals surface area contributed by atoms with Gasteiger partial charge in [-0.15, -0.1) is 0 Å². The summed E-state index contributed by atoms with van der Waals surface area (Å²) in [6.45, 7) is 8.21. The molecule has 19 heavy (non-hydrogen) atoms. The molecule has 1 atom stereocenters. The van der Waals surface area contributed by atoms with Crippen molar-refractivity contribution in [1.82, 2.24) is 0 Å². The van der Waals surface area contributed by atoms with Crippen molar-refractivity contribution in [2.75, 3.05) is 29.5 Å². The lowest BCUT2D eigenvalue weighted by Crippen LogP contribution is -2.27. The SMILES string of the molecule is CC(C)(C)C1CCN(c2c(N)cc(N)c(Cl)c2F)C1. The fourth-order valence-electron chi connectivity index (χ4n) is 2.65. The molecule has 0 spiro atoms. The second-order valence-corrected chi connectivity index (χ2v) is 6.71. The van der Waals surface area contributed by atoms with Crippen LogP contribution in [0, 0.1) is 17.2 Å². The normalized spacial score (nSPS) is 20.1. The van der Waals surface area contributed by atoms with E-state index < -0.39 is 5.82 Å². The summed E-state index contributed by atoms with van der Waals surface area (Å²) in [5, 5.41) is -0.0385. The summed E-state index contributed by atoms with van der Waals surface area (Å²) in [4.78, 5) is 1.98. The number of benzene rings is 1. The molecule has 1 fully saturated rings. The third-order valence-corrected chi connectivity index (χ3v) is 4.35. The molecule has 0 radical (unpaired) electrons. The molecule has 4 N–H and O–H groups in total. The highest BCUT2D eigenvalue weighted by molar-refractivity contribution is 6.33. The van der Waals surface area contributed by atoms with E-state index in [-0.39, 0.29) is 16.1 Å². The molecule has 0 aromatic heterocycles. The van der Waals surface area contributed by atoms with Gasteiger partial charge in [-0.05, 0) is 23.8 Å². The molecule has 5 heteroatoms. The predicted octanol–water partition coefficient (Wildman–Crippen LogP) is 3.52. The van der Waals surface area contributed by atoms with Crippen molar-refractivity contribution in [3.63, 3.8) is 0 Å². The van der Waals surface area contributed by atoms with Crippen molar-refractivity contribution in [2.24, 2.45) is 11.3 Å². The van der Waals surface area contributed by atoms with Gasteiger partial charge in [0.25, 0.3) is 0 Å². The van der Waals surface area contributed by atoms with Crippen molar-refractivity contribution < 1.29 is 4.39 Å². The van der Waals surface area contributed by atoms with Crippen LogP contribution in [0.3, 0.4) is 0 Å². The van der Waals surface area contributed by atoms with E-state index in [1.54, 1.807) is 0 Å². The summed E-state index contributed by atoms with van der Waals surface area (Å²) in [5.41, 5.74) is 12.7. The maximum absolute atomic E-state index is 14.3. The van der Waals surface area contributed by atoms with E-state index in [1.807, 2.05) is 4.90 Å². The number of hydrogen-bond acceptors (Lipinski definition) is 3. The van der Waals surface area contributed by atoms with E-state index in [2.05, 4.69) is 20.8 Å². The summed E-state index contributed by atoms with van der Waals surface area (Å²) in [6, 6.07) is 1.53. The Labute approximate surface area is 118 Å². The van der Waals surface area contributed by atoms with Crippen LogP contribution in [-0.4, -0.2) is 13.1 Å². The molecule has 1 aromatic carbocycles. The number of hydrogen-bond donors (Lipinski definition) is 2. The van der Waals surface area contributed by atoms with Gasteiger partial charge in [-0.3, -0.25) is 0 Å². The van der Waals surface area contributed by atoms with E-state index >= 15 is 0 Å². The minimum absolute atomic E-state index is 0.0385. The molecule has 0 aliphatic carbocycles. The van der Waals surface area contributed by atoms with Gasteiger partial charge >= 0.3 is 0 Å². The Kier molecular flexibility index (Phi) is 3.56. The van der Waals surface area contributed by atoms with Gasteiger partial charge in [0.1, 0.15) is 5.02 Å². The summed E-state index contributed by atoms with van der Waals surface area (Å²) in [5.74, 6) is 0.0105. The molecule has 2 rings (SSSR count). The first kappa shape index (κ1) is 14.3. The summed E-state index contributed by atoms with van der Waals surface area (Å²) in [7, 11) is 0. The van der Waals surface area contributed by atoms with Crippen molar-refractivity contribution in [3.8, 4) is 0 Å². The average Bonchev–Trinajstić information content (AvgIpc) is 2.75. The van der Waals surface area contributed by atoms with Crippen LogP contribution in [0.15, 0.2) is 6.07 Å². The Bertz CT molecular complexity index is 496. The molecular formula is C14H21ClFN3. The van der Waals surface area contributed by atoms with E-state index in [1.165, 1.54) is 6.07 Å². The quantitative estimate of drug-likeness (QED) is 0.776. The lowest BCUT2D eigenvalue weighted by atomic mass is 9.80. The fraction of sp³-hybridized carbons (Fsp3) is 0.571. The van der Waals surface area contributed by atoms with Crippen LogP contribution in [0.1, 0.15) is 27.2 Å².